The van der Waals surface area contributed by atoms with Crippen LogP contribution in [0.15, 0.2) is 30.6 Å². The number of anilines is 2. The Morgan fingerprint density at radius 1 is 1.27 bits per heavy atom. The number of ether oxygens (including phenoxy) is 1. The third kappa shape index (κ3) is 2.69. The van der Waals surface area contributed by atoms with Crippen LogP contribution in [0.25, 0.3) is 0 Å². The molecule has 0 saturated heterocycles. The number of nitrogens with zero attached hydrogens (tertiary/aromatic N) is 2. The van der Waals surface area contributed by atoms with Gasteiger partial charge in [-0.2, -0.15) is 0 Å². The van der Waals surface area contributed by atoms with Crippen LogP contribution in [0.1, 0.15) is 37.5 Å². The number of nitrogens with one attached hydrogen (secondary N) is 2. The van der Waals surface area contributed by atoms with Gasteiger partial charge in [-0.25, -0.2) is 14.8 Å². The molecule has 1 spiro atoms. The predicted octanol–water partition coefficient (Wildman–Crippen LogP) is 2.81. The van der Waals surface area contributed by atoms with Crippen molar-refractivity contribution < 1.29 is 14.3 Å². The van der Waals surface area contributed by atoms with Gasteiger partial charge in [0.15, 0.2) is 0 Å². The summed E-state index contributed by atoms with van der Waals surface area (Å²) in [7, 11) is 0. The first-order chi connectivity index (χ1) is 12.3. The van der Waals surface area contributed by atoms with Gasteiger partial charge in [0, 0.05) is 18.0 Å². The standard InChI is InChI=1S/C19H20N4O3/c1-18(2,3)26-17(25)22-14-7-11-8-19(9-12(11)10-21-14)13-5-4-6-20-15(13)23-16(19)24/h4-7,10H,8-9H2,1-3H3,(H,20,23,24)(H,21,22,25). The lowest BCUT2D eigenvalue weighted by Crippen LogP contribution is -2.35. The van der Waals surface area contributed by atoms with E-state index < -0.39 is 17.1 Å². The number of pyridine rings is 2. The summed E-state index contributed by atoms with van der Waals surface area (Å²) in [6, 6.07) is 5.60. The molecule has 2 N–H and O–H groups in total. The summed E-state index contributed by atoms with van der Waals surface area (Å²) in [5.74, 6) is 1.01. The molecule has 0 bridgehead atoms. The lowest BCUT2D eigenvalue weighted by molar-refractivity contribution is -0.120. The molecule has 1 unspecified atom stereocenters. The summed E-state index contributed by atoms with van der Waals surface area (Å²) in [6.45, 7) is 5.41. The molecule has 134 valence electrons. The molecule has 1 atom stereocenters. The fourth-order valence-corrected chi connectivity index (χ4v) is 3.63. The number of amides is 2. The van der Waals surface area contributed by atoms with Gasteiger partial charge in [0.05, 0.1) is 5.41 Å². The Balaban J connectivity index is 1.59. The van der Waals surface area contributed by atoms with Gasteiger partial charge in [0.1, 0.15) is 17.2 Å². The number of carbonyl (C=O) groups excluding carboxylic acids is 2. The van der Waals surface area contributed by atoms with Gasteiger partial charge < -0.3 is 10.1 Å². The second-order valence-corrected chi connectivity index (χ2v) is 7.75. The number of aromatic nitrogens is 2. The van der Waals surface area contributed by atoms with E-state index in [1.54, 1.807) is 33.2 Å². The van der Waals surface area contributed by atoms with Crippen molar-refractivity contribution in [3.8, 4) is 0 Å². The minimum atomic E-state index is -0.641. The lowest BCUT2D eigenvalue weighted by Gasteiger charge is -2.20. The Hall–Kier alpha value is -2.96. The predicted molar refractivity (Wildman–Crippen MR) is 96.0 cm³/mol. The van der Waals surface area contributed by atoms with Crippen LogP contribution >= 0.6 is 0 Å². The van der Waals surface area contributed by atoms with Crippen molar-refractivity contribution in [2.75, 3.05) is 10.6 Å². The normalized spacial score (nSPS) is 20.5. The van der Waals surface area contributed by atoms with Crippen molar-refractivity contribution in [3.63, 3.8) is 0 Å². The number of fused-ring (bicyclic) bond motifs is 3. The second-order valence-electron chi connectivity index (χ2n) is 7.75. The first-order valence-corrected chi connectivity index (χ1v) is 8.52. The summed E-state index contributed by atoms with van der Waals surface area (Å²) >= 11 is 0. The first kappa shape index (κ1) is 16.5. The molecule has 4 rings (SSSR count). The third-order valence-corrected chi connectivity index (χ3v) is 4.69. The van der Waals surface area contributed by atoms with Crippen LogP contribution in [0, 0.1) is 0 Å². The van der Waals surface area contributed by atoms with Gasteiger partial charge in [-0.3, -0.25) is 10.1 Å². The van der Waals surface area contributed by atoms with Crippen molar-refractivity contribution in [3.05, 3.63) is 47.3 Å². The van der Waals surface area contributed by atoms with Gasteiger partial charge >= 0.3 is 6.09 Å². The van der Waals surface area contributed by atoms with E-state index in [1.165, 1.54) is 0 Å². The number of hydrogen-bond donors (Lipinski definition) is 2. The van der Waals surface area contributed by atoms with Crippen LogP contribution < -0.4 is 10.6 Å². The monoisotopic (exact) mass is 352 g/mol. The fraction of sp³-hybridized carbons (Fsp3) is 0.368. The van der Waals surface area contributed by atoms with E-state index >= 15 is 0 Å². The first-order valence-electron chi connectivity index (χ1n) is 8.52. The molecule has 7 nitrogen and oxygen atoms in total. The molecule has 0 radical (unpaired) electrons. The summed E-state index contributed by atoms with van der Waals surface area (Å²) in [5, 5.41) is 5.53. The Labute approximate surface area is 151 Å². The maximum absolute atomic E-state index is 12.7. The van der Waals surface area contributed by atoms with E-state index in [0.717, 1.165) is 16.7 Å². The third-order valence-electron chi connectivity index (χ3n) is 4.69. The molecule has 3 heterocycles. The molecule has 26 heavy (non-hydrogen) atoms. The SMILES string of the molecule is CC(C)(C)OC(=O)Nc1cc2c(cn1)CC1(C2)C(=O)Nc2ncccc21. The maximum Gasteiger partial charge on any atom is 0.413 e. The molecule has 2 aromatic rings. The van der Waals surface area contributed by atoms with E-state index in [-0.39, 0.29) is 5.91 Å². The molecule has 0 saturated carbocycles. The molecule has 0 fully saturated rings. The summed E-state index contributed by atoms with van der Waals surface area (Å²) in [6.07, 6.45) is 3.97. The minimum Gasteiger partial charge on any atom is -0.444 e. The van der Waals surface area contributed by atoms with Gasteiger partial charge in [0.2, 0.25) is 5.91 Å². The molecule has 2 amide bonds. The van der Waals surface area contributed by atoms with Gasteiger partial charge in [-0.05, 0) is 56.9 Å². The summed E-state index contributed by atoms with van der Waals surface area (Å²) < 4.78 is 5.26. The van der Waals surface area contributed by atoms with Crippen molar-refractivity contribution >= 4 is 23.6 Å². The van der Waals surface area contributed by atoms with Crippen molar-refractivity contribution in [2.45, 2.75) is 44.6 Å². The molecule has 2 aromatic heterocycles. The zero-order chi connectivity index (χ0) is 18.5. The van der Waals surface area contributed by atoms with E-state index in [0.29, 0.717) is 24.5 Å². The van der Waals surface area contributed by atoms with Gasteiger partial charge in [0.25, 0.3) is 0 Å². The second kappa shape index (κ2) is 5.52. The van der Waals surface area contributed by atoms with Gasteiger partial charge in [-0.1, -0.05) is 6.07 Å². The molecule has 0 aromatic carbocycles. The van der Waals surface area contributed by atoms with E-state index in [9.17, 15) is 9.59 Å². The van der Waals surface area contributed by atoms with Crippen LogP contribution in [0.2, 0.25) is 0 Å². The molecular formula is C19H20N4O3. The van der Waals surface area contributed by atoms with Crippen LogP contribution in [0.3, 0.4) is 0 Å². The maximum atomic E-state index is 12.7. The van der Waals surface area contributed by atoms with E-state index in [4.69, 9.17) is 4.74 Å². The summed E-state index contributed by atoms with van der Waals surface area (Å²) in [5.41, 5.74) is 1.70. The van der Waals surface area contributed by atoms with E-state index in [1.807, 2.05) is 18.2 Å². The number of hydrogen-bond acceptors (Lipinski definition) is 5. The Kier molecular flexibility index (Phi) is 3.50. The van der Waals surface area contributed by atoms with Crippen LogP contribution in [0.5, 0.6) is 0 Å². The van der Waals surface area contributed by atoms with E-state index in [2.05, 4.69) is 20.6 Å². The van der Waals surface area contributed by atoms with Gasteiger partial charge in [-0.15, -0.1) is 0 Å². The van der Waals surface area contributed by atoms with Crippen molar-refractivity contribution in [2.24, 2.45) is 0 Å². The smallest absolute Gasteiger partial charge is 0.413 e. The number of carbonyl (C=O) groups is 2. The number of rotatable bonds is 1. The van der Waals surface area contributed by atoms with Crippen LogP contribution in [-0.2, 0) is 27.8 Å². The lowest BCUT2D eigenvalue weighted by atomic mass is 9.79. The topological polar surface area (TPSA) is 93.2 Å². The zero-order valence-corrected chi connectivity index (χ0v) is 14.9. The highest BCUT2D eigenvalue weighted by Gasteiger charge is 2.51. The van der Waals surface area contributed by atoms with Crippen LogP contribution in [-0.4, -0.2) is 27.6 Å². The Bertz CT molecular complexity index is 919. The Morgan fingerprint density at radius 3 is 2.81 bits per heavy atom. The molecule has 1 aliphatic heterocycles. The minimum absolute atomic E-state index is 0.0379. The summed E-state index contributed by atoms with van der Waals surface area (Å²) in [4.78, 5) is 33.2. The highest BCUT2D eigenvalue weighted by molar-refractivity contribution is 6.06. The highest BCUT2D eigenvalue weighted by atomic mass is 16.6. The Morgan fingerprint density at radius 2 is 2.04 bits per heavy atom. The fourth-order valence-electron chi connectivity index (χ4n) is 3.63. The van der Waals surface area contributed by atoms with Crippen molar-refractivity contribution in [1.29, 1.82) is 0 Å². The molecular weight excluding hydrogens is 332 g/mol. The average Bonchev–Trinajstić information content (AvgIpc) is 3.04. The highest BCUT2D eigenvalue weighted by Crippen LogP contribution is 2.46. The molecule has 7 heteroatoms. The van der Waals surface area contributed by atoms with Crippen LogP contribution in [0.4, 0.5) is 16.4 Å². The zero-order valence-electron chi connectivity index (χ0n) is 14.9. The molecule has 1 aliphatic carbocycles. The molecule has 2 aliphatic rings. The van der Waals surface area contributed by atoms with Crippen molar-refractivity contribution in [1.82, 2.24) is 9.97 Å². The average molecular weight is 352 g/mol. The largest absolute Gasteiger partial charge is 0.444 e. The quantitative estimate of drug-likeness (QED) is 0.823.